The first-order valence-electron chi connectivity index (χ1n) is 7.95. The minimum atomic E-state index is 0.214. The third kappa shape index (κ3) is 4.16. The summed E-state index contributed by atoms with van der Waals surface area (Å²) >= 11 is 0. The molecular weight excluding hydrogens is 322 g/mol. The zero-order chi connectivity index (χ0) is 17.6. The Morgan fingerprint density at radius 3 is 2.88 bits per heavy atom. The molecule has 132 valence electrons. The fourth-order valence-electron chi connectivity index (χ4n) is 2.43. The van der Waals surface area contributed by atoms with Gasteiger partial charge in [0.15, 0.2) is 0 Å². The number of nitrogens with one attached hydrogen (secondary N) is 1. The zero-order valence-corrected chi connectivity index (χ0v) is 14.5. The molecule has 8 nitrogen and oxygen atoms in total. The van der Waals surface area contributed by atoms with Gasteiger partial charge in [-0.15, -0.1) is 0 Å². The molecule has 8 heteroatoms. The second-order valence-corrected chi connectivity index (χ2v) is 5.59. The van der Waals surface area contributed by atoms with Crippen LogP contribution in [0, 0.1) is 0 Å². The molecule has 0 amide bonds. The zero-order valence-electron chi connectivity index (χ0n) is 14.5. The number of hydrogen-bond donors (Lipinski definition) is 1. The van der Waals surface area contributed by atoms with E-state index in [0.717, 1.165) is 12.1 Å². The lowest BCUT2D eigenvalue weighted by molar-refractivity contribution is 0.350. The highest BCUT2D eigenvalue weighted by molar-refractivity contribution is 5.65. The van der Waals surface area contributed by atoms with E-state index in [4.69, 9.17) is 14.0 Å². The molecule has 1 aromatic carbocycles. The van der Waals surface area contributed by atoms with E-state index in [0.29, 0.717) is 29.8 Å². The van der Waals surface area contributed by atoms with Crippen molar-refractivity contribution in [1.82, 2.24) is 25.2 Å². The van der Waals surface area contributed by atoms with Gasteiger partial charge in [0.25, 0.3) is 0 Å². The molecule has 0 saturated heterocycles. The molecule has 0 aliphatic carbocycles. The van der Waals surface area contributed by atoms with Gasteiger partial charge in [-0.25, -0.2) is 0 Å². The Balaban J connectivity index is 1.64. The summed E-state index contributed by atoms with van der Waals surface area (Å²) < 4.78 is 17.8. The van der Waals surface area contributed by atoms with Gasteiger partial charge in [-0.3, -0.25) is 4.68 Å². The van der Waals surface area contributed by atoms with Crippen molar-refractivity contribution in [2.75, 3.05) is 14.2 Å². The molecule has 0 saturated carbocycles. The second kappa shape index (κ2) is 7.80. The molecule has 0 spiro atoms. The summed E-state index contributed by atoms with van der Waals surface area (Å²) in [6.07, 6.45) is 3.69. The highest BCUT2D eigenvalue weighted by atomic mass is 16.5. The highest BCUT2D eigenvalue weighted by Gasteiger charge is 2.15. The van der Waals surface area contributed by atoms with Crippen LogP contribution in [0.3, 0.4) is 0 Å². The first-order valence-corrected chi connectivity index (χ1v) is 7.95. The average Bonchev–Trinajstić information content (AvgIpc) is 3.31. The van der Waals surface area contributed by atoms with Crippen LogP contribution in [0.1, 0.15) is 12.8 Å². The van der Waals surface area contributed by atoms with Crippen molar-refractivity contribution in [1.29, 1.82) is 0 Å². The predicted molar refractivity (Wildman–Crippen MR) is 91.4 cm³/mol. The largest absolute Gasteiger partial charge is 0.497 e. The Hall–Kier alpha value is -2.87. The van der Waals surface area contributed by atoms with E-state index in [1.807, 2.05) is 29.1 Å². The number of methoxy groups -OCH3 is 2. The summed E-state index contributed by atoms with van der Waals surface area (Å²) in [4.78, 5) is 4.43. The Bertz CT molecular complexity index is 800. The first kappa shape index (κ1) is 17.0. The molecule has 3 rings (SSSR count). The van der Waals surface area contributed by atoms with Gasteiger partial charge in [0, 0.05) is 24.5 Å². The summed E-state index contributed by atoms with van der Waals surface area (Å²) in [5, 5.41) is 11.6. The van der Waals surface area contributed by atoms with Crippen molar-refractivity contribution in [2.24, 2.45) is 0 Å². The monoisotopic (exact) mass is 343 g/mol. The molecule has 25 heavy (non-hydrogen) atoms. The van der Waals surface area contributed by atoms with Crippen molar-refractivity contribution in [3.05, 3.63) is 42.5 Å². The fourth-order valence-corrected chi connectivity index (χ4v) is 2.43. The normalized spacial score (nSPS) is 12.1. The van der Waals surface area contributed by atoms with Crippen molar-refractivity contribution < 1.29 is 14.0 Å². The van der Waals surface area contributed by atoms with Crippen LogP contribution < -0.4 is 14.8 Å². The third-order valence-corrected chi connectivity index (χ3v) is 3.74. The van der Waals surface area contributed by atoms with E-state index in [9.17, 15) is 0 Å². The quantitative estimate of drug-likeness (QED) is 0.670. The molecule has 1 unspecified atom stereocenters. The summed E-state index contributed by atoms with van der Waals surface area (Å²) in [7, 11) is 3.20. The van der Waals surface area contributed by atoms with Crippen LogP contribution in [0.5, 0.6) is 11.5 Å². The van der Waals surface area contributed by atoms with Gasteiger partial charge in [-0.1, -0.05) is 5.16 Å². The standard InChI is InChI=1S/C17H21N5O3/c1-12(11-22-8-4-7-19-22)18-10-16-20-17(21-25-16)14-6-5-13(23-2)9-15(14)24-3/h4-9,12,18H,10-11H2,1-3H3. The Labute approximate surface area is 145 Å². The van der Waals surface area contributed by atoms with Gasteiger partial charge < -0.3 is 19.3 Å². The number of hydrogen-bond acceptors (Lipinski definition) is 7. The van der Waals surface area contributed by atoms with E-state index in [-0.39, 0.29) is 6.04 Å². The Kier molecular flexibility index (Phi) is 5.30. The van der Waals surface area contributed by atoms with Crippen LogP contribution >= 0.6 is 0 Å². The molecule has 0 bridgehead atoms. The van der Waals surface area contributed by atoms with E-state index in [1.54, 1.807) is 26.5 Å². The van der Waals surface area contributed by atoms with Gasteiger partial charge in [0.1, 0.15) is 11.5 Å². The van der Waals surface area contributed by atoms with E-state index in [1.165, 1.54) is 0 Å². The van der Waals surface area contributed by atoms with E-state index in [2.05, 4.69) is 27.5 Å². The van der Waals surface area contributed by atoms with Crippen LogP contribution in [-0.4, -0.2) is 40.2 Å². The molecule has 2 heterocycles. The molecule has 1 atom stereocenters. The number of rotatable bonds is 8. The molecule has 0 fully saturated rings. The summed E-state index contributed by atoms with van der Waals surface area (Å²) in [5.41, 5.74) is 0.753. The van der Waals surface area contributed by atoms with Crippen molar-refractivity contribution in [2.45, 2.75) is 26.1 Å². The smallest absolute Gasteiger partial charge is 0.240 e. The van der Waals surface area contributed by atoms with Crippen molar-refractivity contribution in [3.63, 3.8) is 0 Å². The molecule has 0 radical (unpaired) electrons. The summed E-state index contributed by atoms with van der Waals surface area (Å²) in [6.45, 7) is 3.32. The van der Waals surface area contributed by atoms with Crippen LogP contribution in [0.2, 0.25) is 0 Å². The highest BCUT2D eigenvalue weighted by Crippen LogP contribution is 2.31. The van der Waals surface area contributed by atoms with Crippen LogP contribution in [0.25, 0.3) is 11.4 Å². The minimum Gasteiger partial charge on any atom is -0.497 e. The maximum Gasteiger partial charge on any atom is 0.240 e. The van der Waals surface area contributed by atoms with Crippen LogP contribution in [0.4, 0.5) is 0 Å². The number of benzene rings is 1. The first-order chi connectivity index (χ1) is 12.2. The minimum absolute atomic E-state index is 0.214. The Morgan fingerprint density at radius 1 is 1.28 bits per heavy atom. The van der Waals surface area contributed by atoms with Crippen molar-refractivity contribution in [3.8, 4) is 22.9 Å². The Morgan fingerprint density at radius 2 is 2.16 bits per heavy atom. The van der Waals surface area contributed by atoms with Gasteiger partial charge in [-0.2, -0.15) is 10.1 Å². The lowest BCUT2D eigenvalue weighted by atomic mass is 10.2. The maximum atomic E-state index is 5.38. The molecule has 3 aromatic rings. The summed E-state index contributed by atoms with van der Waals surface area (Å²) in [5.74, 6) is 2.33. The molecule has 1 N–H and O–H groups in total. The number of ether oxygens (including phenoxy) is 2. The third-order valence-electron chi connectivity index (χ3n) is 3.74. The number of aromatic nitrogens is 4. The summed E-state index contributed by atoms with van der Waals surface area (Å²) in [6, 6.07) is 7.58. The van der Waals surface area contributed by atoms with Gasteiger partial charge >= 0.3 is 0 Å². The van der Waals surface area contributed by atoms with E-state index < -0.39 is 0 Å². The lowest BCUT2D eigenvalue weighted by Crippen LogP contribution is -2.30. The van der Waals surface area contributed by atoms with E-state index >= 15 is 0 Å². The second-order valence-electron chi connectivity index (χ2n) is 5.59. The van der Waals surface area contributed by atoms with Gasteiger partial charge in [0.05, 0.1) is 32.9 Å². The van der Waals surface area contributed by atoms with Gasteiger partial charge in [0.2, 0.25) is 11.7 Å². The topological polar surface area (TPSA) is 87.2 Å². The average molecular weight is 343 g/mol. The van der Waals surface area contributed by atoms with Crippen LogP contribution in [0.15, 0.2) is 41.2 Å². The lowest BCUT2D eigenvalue weighted by Gasteiger charge is -2.11. The fraction of sp³-hybridized carbons (Fsp3) is 0.353. The van der Waals surface area contributed by atoms with Crippen LogP contribution in [-0.2, 0) is 13.1 Å². The van der Waals surface area contributed by atoms with Gasteiger partial charge in [-0.05, 0) is 25.1 Å². The SMILES string of the molecule is COc1ccc(-c2noc(CNC(C)Cn3cccn3)n2)c(OC)c1. The molecule has 2 aromatic heterocycles. The van der Waals surface area contributed by atoms with Crippen molar-refractivity contribution >= 4 is 0 Å². The number of nitrogens with zero attached hydrogens (tertiary/aromatic N) is 4. The predicted octanol–water partition coefficient (Wildman–Crippen LogP) is 2.13. The molecule has 0 aliphatic rings. The maximum absolute atomic E-state index is 5.38. The molecular formula is C17H21N5O3. The molecule has 0 aliphatic heterocycles.